The van der Waals surface area contributed by atoms with Gasteiger partial charge in [-0.15, -0.1) is 0 Å². The van der Waals surface area contributed by atoms with Gasteiger partial charge in [0.25, 0.3) is 0 Å². The molecule has 0 aliphatic carbocycles. The topological polar surface area (TPSA) is 20.3 Å². The van der Waals surface area contributed by atoms with Crippen LogP contribution in [0.5, 0.6) is 0 Å². The van der Waals surface area contributed by atoms with E-state index in [2.05, 4.69) is 26.8 Å². The molecule has 1 heterocycles. The minimum Gasteiger partial charge on any atom is -0.306 e. The molecule has 0 unspecified atom stereocenters. The van der Waals surface area contributed by atoms with Crippen molar-refractivity contribution in [2.75, 3.05) is 4.90 Å². The highest BCUT2D eigenvalue weighted by Crippen LogP contribution is 2.43. The number of para-hydroxylation sites is 1. The first-order chi connectivity index (χ1) is 10.9. The fourth-order valence-corrected chi connectivity index (χ4v) is 3.71. The number of benzene rings is 2. The molecule has 0 bridgehead atoms. The lowest BCUT2D eigenvalue weighted by atomic mass is 9.80. The maximum Gasteiger partial charge on any atom is 0.231 e. The number of carbonyl (C=O) groups is 1. The lowest BCUT2D eigenvalue weighted by Crippen LogP contribution is -2.52. The first kappa shape index (κ1) is 15.7. The molecular formula is C20H22FNO. The van der Waals surface area contributed by atoms with Gasteiger partial charge in [-0.3, -0.25) is 4.79 Å². The smallest absolute Gasteiger partial charge is 0.231 e. The molecule has 0 N–H and O–H groups in total. The summed E-state index contributed by atoms with van der Waals surface area (Å²) in [4.78, 5) is 14.9. The summed E-state index contributed by atoms with van der Waals surface area (Å²) in [6.07, 6.45) is 1.21. The van der Waals surface area contributed by atoms with E-state index in [1.54, 1.807) is 12.1 Å². The van der Waals surface area contributed by atoms with Gasteiger partial charge in [0.2, 0.25) is 5.91 Å². The number of halogens is 1. The molecule has 1 atom stereocenters. The molecule has 1 amide bonds. The Bertz CT molecular complexity index is 721. The van der Waals surface area contributed by atoms with Gasteiger partial charge >= 0.3 is 0 Å². The van der Waals surface area contributed by atoms with Gasteiger partial charge < -0.3 is 4.90 Å². The van der Waals surface area contributed by atoms with Gasteiger partial charge in [0.05, 0.1) is 6.42 Å². The molecule has 0 saturated carbocycles. The summed E-state index contributed by atoms with van der Waals surface area (Å²) < 4.78 is 13.0. The molecule has 2 aromatic rings. The number of amides is 1. The van der Waals surface area contributed by atoms with Crippen LogP contribution in [0.25, 0.3) is 0 Å². The number of carbonyl (C=O) groups excluding carboxylic acids is 1. The Morgan fingerprint density at radius 1 is 1.17 bits per heavy atom. The minimum atomic E-state index is -0.279. The lowest BCUT2D eigenvalue weighted by Gasteiger charge is -2.46. The Kier molecular flexibility index (Phi) is 3.97. The maximum atomic E-state index is 13.0. The molecule has 3 rings (SSSR count). The zero-order valence-corrected chi connectivity index (χ0v) is 13.8. The molecule has 1 aliphatic rings. The van der Waals surface area contributed by atoms with Crippen LogP contribution in [-0.4, -0.2) is 11.4 Å². The predicted molar refractivity (Wildman–Crippen MR) is 91.1 cm³/mol. The monoisotopic (exact) mass is 311 g/mol. The molecule has 0 saturated heterocycles. The van der Waals surface area contributed by atoms with E-state index < -0.39 is 0 Å². The molecule has 0 radical (unpaired) electrons. The van der Waals surface area contributed by atoms with E-state index in [0.29, 0.717) is 5.92 Å². The van der Waals surface area contributed by atoms with E-state index in [-0.39, 0.29) is 23.7 Å². The van der Waals surface area contributed by atoms with Crippen molar-refractivity contribution >= 4 is 11.6 Å². The van der Waals surface area contributed by atoms with E-state index in [1.165, 1.54) is 17.7 Å². The molecule has 23 heavy (non-hydrogen) atoms. The summed E-state index contributed by atoms with van der Waals surface area (Å²) in [6.45, 7) is 6.44. The highest BCUT2D eigenvalue weighted by atomic mass is 19.1. The standard InChI is InChI=1S/C20H22FNO/c1-14-13-20(2,3)22(18-7-5-4-6-17(14)18)19(23)12-15-8-10-16(21)11-9-15/h4-11,14H,12-13H2,1-3H3/t14-/m1/s1. The number of nitrogens with zero attached hydrogens (tertiary/aromatic N) is 1. The van der Waals surface area contributed by atoms with Crippen molar-refractivity contribution in [3.05, 3.63) is 65.5 Å². The lowest BCUT2D eigenvalue weighted by molar-refractivity contribution is -0.119. The normalized spacial score (nSPS) is 19.3. The molecule has 0 spiro atoms. The van der Waals surface area contributed by atoms with E-state index in [1.807, 2.05) is 23.1 Å². The van der Waals surface area contributed by atoms with Crippen molar-refractivity contribution in [2.24, 2.45) is 0 Å². The summed E-state index contributed by atoms with van der Waals surface area (Å²) in [5.74, 6) is 0.204. The zero-order chi connectivity index (χ0) is 16.6. The van der Waals surface area contributed by atoms with E-state index in [9.17, 15) is 9.18 Å². The number of fused-ring (bicyclic) bond motifs is 1. The highest BCUT2D eigenvalue weighted by molar-refractivity contribution is 5.97. The van der Waals surface area contributed by atoms with Crippen molar-refractivity contribution < 1.29 is 9.18 Å². The average Bonchev–Trinajstić information content (AvgIpc) is 2.49. The zero-order valence-electron chi connectivity index (χ0n) is 13.8. The van der Waals surface area contributed by atoms with E-state index in [0.717, 1.165) is 17.7 Å². The van der Waals surface area contributed by atoms with Crippen molar-refractivity contribution in [1.29, 1.82) is 0 Å². The summed E-state index contributed by atoms with van der Waals surface area (Å²) in [5.41, 5.74) is 2.83. The number of anilines is 1. The number of hydrogen-bond acceptors (Lipinski definition) is 1. The van der Waals surface area contributed by atoms with Crippen molar-refractivity contribution in [2.45, 2.75) is 45.1 Å². The van der Waals surface area contributed by atoms with Crippen molar-refractivity contribution in [1.82, 2.24) is 0 Å². The largest absolute Gasteiger partial charge is 0.306 e. The van der Waals surface area contributed by atoms with E-state index >= 15 is 0 Å². The Labute approximate surface area is 136 Å². The van der Waals surface area contributed by atoms with Gasteiger partial charge in [-0.25, -0.2) is 4.39 Å². The third kappa shape index (κ3) is 3.00. The van der Waals surface area contributed by atoms with Crippen LogP contribution in [0.1, 0.15) is 44.2 Å². The van der Waals surface area contributed by atoms with Gasteiger partial charge in [0.1, 0.15) is 5.82 Å². The Morgan fingerprint density at radius 2 is 1.83 bits per heavy atom. The molecule has 2 aromatic carbocycles. The fraction of sp³-hybridized carbons (Fsp3) is 0.350. The summed E-state index contributed by atoms with van der Waals surface area (Å²) in [5, 5.41) is 0. The second kappa shape index (κ2) is 5.80. The fourth-order valence-electron chi connectivity index (χ4n) is 3.71. The van der Waals surface area contributed by atoms with Crippen molar-refractivity contribution in [3.63, 3.8) is 0 Å². The van der Waals surface area contributed by atoms with Crippen LogP contribution in [0, 0.1) is 5.82 Å². The minimum absolute atomic E-state index is 0.0564. The second-order valence-corrected chi connectivity index (χ2v) is 7.01. The first-order valence-corrected chi connectivity index (χ1v) is 8.05. The molecule has 2 nitrogen and oxygen atoms in total. The molecular weight excluding hydrogens is 289 g/mol. The van der Waals surface area contributed by atoms with E-state index in [4.69, 9.17) is 0 Å². The summed E-state index contributed by atoms with van der Waals surface area (Å²) in [7, 11) is 0. The van der Waals surface area contributed by atoms with Gasteiger partial charge in [-0.1, -0.05) is 37.3 Å². The Morgan fingerprint density at radius 3 is 2.52 bits per heavy atom. The third-order valence-corrected chi connectivity index (χ3v) is 4.64. The predicted octanol–water partition coefficient (Wildman–Crippen LogP) is 4.69. The quantitative estimate of drug-likeness (QED) is 0.788. The second-order valence-electron chi connectivity index (χ2n) is 7.01. The van der Waals surface area contributed by atoms with Gasteiger partial charge in [-0.2, -0.15) is 0 Å². The average molecular weight is 311 g/mol. The summed E-state index contributed by atoms with van der Waals surface area (Å²) in [6, 6.07) is 14.3. The molecule has 0 fully saturated rings. The van der Waals surface area contributed by atoms with Crippen LogP contribution >= 0.6 is 0 Å². The third-order valence-electron chi connectivity index (χ3n) is 4.64. The maximum absolute atomic E-state index is 13.0. The van der Waals surface area contributed by atoms with Crippen LogP contribution in [0.2, 0.25) is 0 Å². The van der Waals surface area contributed by atoms with Gasteiger partial charge in [0.15, 0.2) is 0 Å². The van der Waals surface area contributed by atoms with Crippen molar-refractivity contribution in [3.8, 4) is 0 Å². The van der Waals surface area contributed by atoms with Crippen LogP contribution in [0.4, 0.5) is 10.1 Å². The van der Waals surface area contributed by atoms with Gasteiger partial charge in [-0.05, 0) is 55.5 Å². The van der Waals surface area contributed by atoms with Crippen LogP contribution < -0.4 is 4.90 Å². The van der Waals surface area contributed by atoms with Crippen LogP contribution in [0.3, 0.4) is 0 Å². The summed E-state index contributed by atoms with van der Waals surface area (Å²) >= 11 is 0. The van der Waals surface area contributed by atoms with Crippen LogP contribution in [-0.2, 0) is 11.2 Å². The first-order valence-electron chi connectivity index (χ1n) is 8.05. The Balaban J connectivity index is 1.94. The van der Waals surface area contributed by atoms with Crippen LogP contribution in [0.15, 0.2) is 48.5 Å². The highest BCUT2D eigenvalue weighted by Gasteiger charge is 2.39. The Hall–Kier alpha value is -2.16. The SMILES string of the molecule is C[C@@H]1CC(C)(C)N(C(=O)Cc2ccc(F)cc2)c2ccccc21. The molecule has 3 heteroatoms. The number of hydrogen-bond donors (Lipinski definition) is 0. The number of rotatable bonds is 2. The molecule has 120 valence electrons. The van der Waals surface area contributed by atoms with Gasteiger partial charge in [0, 0.05) is 11.2 Å². The molecule has 0 aromatic heterocycles. The molecule has 1 aliphatic heterocycles.